The van der Waals surface area contributed by atoms with E-state index in [0.29, 0.717) is 31.9 Å². The van der Waals surface area contributed by atoms with E-state index >= 15 is 0 Å². The maximum atomic E-state index is 13.7. The van der Waals surface area contributed by atoms with Gasteiger partial charge in [0.2, 0.25) is 0 Å². The number of rotatable bonds is 8. The number of methoxy groups -OCH3 is 1. The van der Waals surface area contributed by atoms with E-state index in [1.54, 1.807) is 38.1 Å². The van der Waals surface area contributed by atoms with Gasteiger partial charge >= 0.3 is 11.9 Å². The predicted octanol–water partition coefficient (Wildman–Crippen LogP) is 2.58. The van der Waals surface area contributed by atoms with Crippen LogP contribution in [0.4, 0.5) is 0 Å². The third-order valence-corrected chi connectivity index (χ3v) is 6.73. The minimum absolute atomic E-state index is 0.203. The van der Waals surface area contributed by atoms with Crippen LogP contribution in [0.15, 0.2) is 63.5 Å². The molecule has 0 saturated heterocycles. The number of aryl methyl sites for hydroxylation is 1. The molecule has 0 amide bonds. The van der Waals surface area contributed by atoms with Crippen molar-refractivity contribution in [1.82, 2.24) is 4.57 Å². The quantitative estimate of drug-likeness (QED) is 0.452. The fraction of sp³-hybridized carbons (Fsp3) is 0.259. The second kappa shape index (κ2) is 10.8. The van der Waals surface area contributed by atoms with Crippen LogP contribution >= 0.6 is 11.3 Å². The number of allylic oxidation sites excluding steroid dienone is 1. The summed E-state index contributed by atoms with van der Waals surface area (Å²) < 4.78 is 17.8. The topological polar surface area (TPSA) is 116 Å². The van der Waals surface area contributed by atoms with Crippen molar-refractivity contribution in [3.05, 3.63) is 90.1 Å². The van der Waals surface area contributed by atoms with Gasteiger partial charge in [-0.3, -0.25) is 9.36 Å². The van der Waals surface area contributed by atoms with Crippen molar-refractivity contribution in [2.75, 3.05) is 20.3 Å². The molecule has 1 aliphatic rings. The minimum Gasteiger partial charge on any atom is -0.493 e. The molecule has 2 aromatic carbocycles. The molecule has 3 aromatic rings. The van der Waals surface area contributed by atoms with Crippen LogP contribution < -0.4 is 24.4 Å². The zero-order valence-corrected chi connectivity index (χ0v) is 21.6. The van der Waals surface area contributed by atoms with E-state index in [2.05, 4.69) is 4.99 Å². The number of aliphatic carboxylic acids is 1. The molecule has 0 saturated carbocycles. The number of hydrogen-bond acceptors (Lipinski definition) is 8. The molecule has 37 heavy (non-hydrogen) atoms. The van der Waals surface area contributed by atoms with Gasteiger partial charge in [0.25, 0.3) is 5.56 Å². The Hall–Kier alpha value is -4.18. The molecule has 192 valence electrons. The van der Waals surface area contributed by atoms with E-state index in [4.69, 9.17) is 19.3 Å². The molecule has 10 heteroatoms. The minimum atomic E-state index is -1.10. The molecule has 1 aromatic heterocycles. The van der Waals surface area contributed by atoms with Gasteiger partial charge < -0.3 is 19.3 Å². The number of nitrogens with zero attached hydrogens (tertiary/aromatic N) is 2. The van der Waals surface area contributed by atoms with Gasteiger partial charge in [0.15, 0.2) is 22.9 Å². The molecule has 1 N–H and O–H groups in total. The molecule has 4 rings (SSSR count). The standard InChI is InChI=1S/C27H26N2O7S/c1-5-35-26(33)23-16(3)28-27-29(24(23)18-9-6-15(2)7-10-18)25(32)21(37-27)13-17-8-11-19(20(12-17)34-4)36-14-22(30)31/h6-13,24H,5,14H2,1-4H3,(H,30,31)/b21-13+/t24-/m0/s1. The van der Waals surface area contributed by atoms with Gasteiger partial charge in [-0.05, 0) is 50.1 Å². The van der Waals surface area contributed by atoms with E-state index in [0.717, 1.165) is 11.1 Å². The van der Waals surface area contributed by atoms with Crippen LogP contribution in [-0.4, -0.2) is 41.9 Å². The number of aromatic nitrogens is 1. The number of fused-ring (bicyclic) bond motifs is 1. The van der Waals surface area contributed by atoms with Crippen molar-refractivity contribution >= 4 is 29.4 Å². The SMILES string of the molecule is CCOC(=O)C1=C(C)N=c2s/c(=C/c3ccc(OCC(=O)O)c(OC)c3)c(=O)n2[C@H]1c1ccc(C)cc1. The van der Waals surface area contributed by atoms with Crippen LogP contribution in [0, 0.1) is 6.92 Å². The van der Waals surface area contributed by atoms with E-state index < -0.39 is 24.6 Å². The highest BCUT2D eigenvalue weighted by Gasteiger charge is 2.33. The number of benzene rings is 2. The van der Waals surface area contributed by atoms with Crippen molar-refractivity contribution < 1.29 is 28.9 Å². The van der Waals surface area contributed by atoms with E-state index in [1.165, 1.54) is 23.0 Å². The fourth-order valence-electron chi connectivity index (χ4n) is 4.04. The molecule has 1 atom stereocenters. The highest BCUT2D eigenvalue weighted by atomic mass is 32.1. The van der Waals surface area contributed by atoms with Gasteiger partial charge in [-0.1, -0.05) is 47.2 Å². The summed E-state index contributed by atoms with van der Waals surface area (Å²) in [5.74, 6) is -1.00. The fourth-order valence-corrected chi connectivity index (χ4v) is 5.09. The van der Waals surface area contributed by atoms with Crippen molar-refractivity contribution in [2.24, 2.45) is 4.99 Å². The first-order chi connectivity index (χ1) is 17.7. The second-order valence-electron chi connectivity index (χ2n) is 8.31. The highest BCUT2D eigenvalue weighted by Crippen LogP contribution is 2.31. The summed E-state index contributed by atoms with van der Waals surface area (Å²) in [6.45, 7) is 5.14. The Labute approximate surface area is 216 Å². The molecular formula is C27H26N2O7S. The Bertz CT molecular complexity index is 1570. The van der Waals surface area contributed by atoms with Gasteiger partial charge in [-0.25, -0.2) is 14.6 Å². The Balaban J connectivity index is 1.85. The van der Waals surface area contributed by atoms with Crippen molar-refractivity contribution in [1.29, 1.82) is 0 Å². The summed E-state index contributed by atoms with van der Waals surface area (Å²) in [7, 11) is 1.45. The van der Waals surface area contributed by atoms with Crippen LogP contribution in [-0.2, 0) is 14.3 Å². The normalized spacial score (nSPS) is 15.1. The maximum absolute atomic E-state index is 13.7. The summed E-state index contributed by atoms with van der Waals surface area (Å²) >= 11 is 1.21. The number of thiazole rings is 1. The smallest absolute Gasteiger partial charge is 0.341 e. The van der Waals surface area contributed by atoms with Gasteiger partial charge in [0, 0.05) is 0 Å². The molecule has 0 radical (unpaired) electrons. The lowest BCUT2D eigenvalue weighted by atomic mass is 9.95. The molecule has 0 bridgehead atoms. The molecular weight excluding hydrogens is 496 g/mol. The lowest BCUT2D eigenvalue weighted by Crippen LogP contribution is -2.39. The van der Waals surface area contributed by atoms with Gasteiger partial charge in [0.1, 0.15) is 0 Å². The Morgan fingerprint density at radius 1 is 1.14 bits per heavy atom. The first-order valence-corrected chi connectivity index (χ1v) is 12.3. The van der Waals surface area contributed by atoms with Crippen LogP contribution in [0.1, 0.15) is 36.6 Å². The van der Waals surface area contributed by atoms with E-state index in [9.17, 15) is 14.4 Å². The highest BCUT2D eigenvalue weighted by molar-refractivity contribution is 7.07. The van der Waals surface area contributed by atoms with Gasteiger partial charge in [-0.2, -0.15) is 0 Å². The molecule has 0 unspecified atom stereocenters. The first-order valence-electron chi connectivity index (χ1n) is 11.5. The van der Waals surface area contributed by atoms with E-state index in [1.807, 2.05) is 31.2 Å². The van der Waals surface area contributed by atoms with E-state index in [-0.39, 0.29) is 17.9 Å². The summed E-state index contributed by atoms with van der Waals surface area (Å²) in [6, 6.07) is 11.9. The molecule has 0 aliphatic carbocycles. The number of ether oxygens (including phenoxy) is 3. The van der Waals surface area contributed by atoms with Crippen LogP contribution in [0.5, 0.6) is 11.5 Å². The van der Waals surface area contributed by atoms with Crippen LogP contribution in [0.2, 0.25) is 0 Å². The Kier molecular flexibility index (Phi) is 7.58. The van der Waals surface area contributed by atoms with Crippen molar-refractivity contribution in [3.63, 3.8) is 0 Å². The van der Waals surface area contributed by atoms with Gasteiger partial charge in [-0.15, -0.1) is 0 Å². The molecule has 1 aliphatic heterocycles. The number of carboxylic acid groups (broad SMARTS) is 1. The Morgan fingerprint density at radius 3 is 2.51 bits per heavy atom. The maximum Gasteiger partial charge on any atom is 0.341 e. The summed E-state index contributed by atoms with van der Waals surface area (Å²) in [4.78, 5) is 42.5. The average molecular weight is 523 g/mol. The Morgan fingerprint density at radius 2 is 1.86 bits per heavy atom. The van der Waals surface area contributed by atoms with Gasteiger partial charge in [0.05, 0.1) is 35.6 Å². The molecule has 0 spiro atoms. The summed E-state index contributed by atoms with van der Waals surface area (Å²) in [5, 5.41) is 8.87. The average Bonchev–Trinajstić information content (AvgIpc) is 3.17. The number of esters is 1. The van der Waals surface area contributed by atoms with Crippen LogP contribution in [0.25, 0.3) is 6.08 Å². The number of hydrogen-bond donors (Lipinski definition) is 1. The monoisotopic (exact) mass is 522 g/mol. The first kappa shape index (κ1) is 25.9. The molecule has 9 nitrogen and oxygen atoms in total. The number of carbonyl (C=O) groups excluding carboxylic acids is 1. The zero-order chi connectivity index (χ0) is 26.7. The van der Waals surface area contributed by atoms with Crippen LogP contribution in [0.3, 0.4) is 0 Å². The lowest BCUT2D eigenvalue weighted by molar-refractivity contribution is -0.140. The largest absolute Gasteiger partial charge is 0.493 e. The predicted molar refractivity (Wildman–Crippen MR) is 138 cm³/mol. The summed E-state index contributed by atoms with van der Waals surface area (Å²) in [6.07, 6.45) is 1.70. The van der Waals surface area contributed by atoms with Crippen molar-refractivity contribution in [3.8, 4) is 11.5 Å². The van der Waals surface area contributed by atoms with Crippen molar-refractivity contribution in [2.45, 2.75) is 26.8 Å². The molecule has 2 heterocycles. The zero-order valence-electron chi connectivity index (χ0n) is 20.8. The second-order valence-corrected chi connectivity index (χ2v) is 9.31. The number of carboxylic acids is 1. The molecule has 0 fully saturated rings. The summed E-state index contributed by atoms with van der Waals surface area (Å²) in [5.41, 5.74) is 3.01. The number of carbonyl (C=O) groups is 2. The third kappa shape index (κ3) is 5.34. The third-order valence-electron chi connectivity index (χ3n) is 5.75. The lowest BCUT2D eigenvalue weighted by Gasteiger charge is -2.24.